The van der Waals surface area contributed by atoms with Gasteiger partial charge >= 0.3 is 0 Å². The van der Waals surface area contributed by atoms with Gasteiger partial charge in [0, 0.05) is 45.8 Å². The summed E-state index contributed by atoms with van der Waals surface area (Å²) in [5, 5.41) is 3.38. The molecule has 0 bridgehead atoms. The summed E-state index contributed by atoms with van der Waals surface area (Å²) in [5.74, 6) is 1.39. The molecule has 3 fully saturated rings. The lowest BCUT2D eigenvalue weighted by Crippen LogP contribution is -2.56. The highest BCUT2D eigenvalue weighted by Gasteiger charge is 2.36. The van der Waals surface area contributed by atoms with Gasteiger partial charge in [-0.25, -0.2) is 12.7 Å². The van der Waals surface area contributed by atoms with Gasteiger partial charge in [0.25, 0.3) is 0 Å². The molecule has 1 N–H and O–H groups in total. The van der Waals surface area contributed by atoms with Crippen molar-refractivity contribution in [3.63, 3.8) is 0 Å². The Morgan fingerprint density at radius 2 is 1.84 bits per heavy atom. The number of guanidine groups is 1. The van der Waals surface area contributed by atoms with Crippen molar-refractivity contribution in [1.82, 2.24) is 19.4 Å². The number of carbonyl (C=O) groups excluding carboxylic acids is 1. The number of hydrogen-bond donors (Lipinski definition) is 1. The number of nitrogens with zero attached hydrogens (tertiary/aromatic N) is 4. The van der Waals surface area contributed by atoms with Crippen LogP contribution in [0.2, 0.25) is 0 Å². The summed E-state index contributed by atoms with van der Waals surface area (Å²) in [5.41, 5.74) is 0. The van der Waals surface area contributed by atoms with Gasteiger partial charge in [-0.2, -0.15) is 0 Å². The van der Waals surface area contributed by atoms with E-state index in [9.17, 15) is 13.2 Å². The van der Waals surface area contributed by atoms with Crippen LogP contribution in [-0.2, 0) is 14.8 Å². The first-order chi connectivity index (χ1) is 11.9. The molecule has 0 spiro atoms. The fourth-order valence-electron chi connectivity index (χ4n) is 3.65. The molecule has 2 heterocycles. The molecule has 0 aromatic heterocycles. The van der Waals surface area contributed by atoms with E-state index in [2.05, 4.69) is 10.3 Å². The standard InChI is InChI=1S/C16H29N5O3S/c1-17-16(19-9-10-21(14-3-4-14)15(22)12-19)18-11-13-5-7-20(8-6-13)25(2,23)24/h13-14H,3-12H2,1-2H3,(H,17,18). The number of sulfonamides is 1. The maximum Gasteiger partial charge on any atom is 0.242 e. The molecule has 9 heteroatoms. The summed E-state index contributed by atoms with van der Waals surface area (Å²) < 4.78 is 24.7. The van der Waals surface area contributed by atoms with Gasteiger partial charge in [0.15, 0.2) is 5.96 Å². The van der Waals surface area contributed by atoms with Crippen LogP contribution >= 0.6 is 0 Å². The minimum atomic E-state index is -3.08. The summed E-state index contributed by atoms with van der Waals surface area (Å²) >= 11 is 0. The molecule has 3 aliphatic rings. The van der Waals surface area contributed by atoms with Gasteiger partial charge in [0.05, 0.1) is 12.8 Å². The Morgan fingerprint density at radius 1 is 1.16 bits per heavy atom. The van der Waals surface area contributed by atoms with E-state index < -0.39 is 10.0 Å². The number of aliphatic imine (C=N–C) groups is 1. The van der Waals surface area contributed by atoms with Crippen molar-refractivity contribution >= 4 is 21.9 Å². The summed E-state index contributed by atoms with van der Waals surface area (Å²) in [6.07, 6.45) is 5.26. The molecule has 0 aromatic carbocycles. The molecule has 142 valence electrons. The first-order valence-corrected chi connectivity index (χ1v) is 10.9. The van der Waals surface area contributed by atoms with Crippen LogP contribution < -0.4 is 5.32 Å². The highest BCUT2D eigenvalue weighted by atomic mass is 32.2. The zero-order valence-corrected chi connectivity index (χ0v) is 16.0. The number of hydrogen-bond acceptors (Lipinski definition) is 4. The minimum absolute atomic E-state index is 0.193. The average Bonchev–Trinajstić information content (AvgIpc) is 3.40. The molecule has 0 radical (unpaired) electrons. The van der Waals surface area contributed by atoms with Crippen LogP contribution in [0.25, 0.3) is 0 Å². The van der Waals surface area contributed by atoms with Crippen molar-refractivity contribution in [2.45, 2.75) is 31.7 Å². The Kier molecular flexibility index (Phi) is 5.52. The number of amides is 1. The van der Waals surface area contributed by atoms with Crippen molar-refractivity contribution < 1.29 is 13.2 Å². The molecular formula is C16H29N5O3S. The Bertz CT molecular complexity index is 624. The number of nitrogens with one attached hydrogen (secondary N) is 1. The zero-order chi connectivity index (χ0) is 18.0. The van der Waals surface area contributed by atoms with Crippen LogP contribution in [0.15, 0.2) is 4.99 Å². The first kappa shape index (κ1) is 18.4. The van der Waals surface area contributed by atoms with Gasteiger partial charge in [0.1, 0.15) is 0 Å². The van der Waals surface area contributed by atoms with Crippen LogP contribution in [0.5, 0.6) is 0 Å². The lowest BCUT2D eigenvalue weighted by Gasteiger charge is -2.37. The third-order valence-electron chi connectivity index (χ3n) is 5.35. The number of piperidine rings is 1. The van der Waals surface area contributed by atoms with Crippen molar-refractivity contribution in [2.75, 3.05) is 52.6 Å². The molecule has 3 rings (SSSR count). The monoisotopic (exact) mass is 371 g/mol. The third-order valence-corrected chi connectivity index (χ3v) is 6.65. The van der Waals surface area contributed by atoms with Gasteiger partial charge in [-0.3, -0.25) is 9.79 Å². The third kappa shape index (κ3) is 4.63. The predicted molar refractivity (Wildman–Crippen MR) is 96.8 cm³/mol. The summed E-state index contributed by atoms with van der Waals surface area (Å²) in [4.78, 5) is 20.6. The Labute approximate surface area is 150 Å². The molecule has 25 heavy (non-hydrogen) atoms. The van der Waals surface area contributed by atoms with Crippen LogP contribution in [0, 0.1) is 5.92 Å². The molecule has 8 nitrogen and oxygen atoms in total. The molecular weight excluding hydrogens is 342 g/mol. The summed E-state index contributed by atoms with van der Waals surface area (Å²) in [7, 11) is -1.33. The van der Waals surface area contributed by atoms with Crippen LogP contribution in [-0.4, -0.2) is 93.0 Å². The first-order valence-electron chi connectivity index (χ1n) is 9.08. The molecule has 2 saturated heterocycles. The van der Waals surface area contributed by atoms with Crippen molar-refractivity contribution in [3.8, 4) is 0 Å². The van der Waals surface area contributed by atoms with Crippen LogP contribution in [0.3, 0.4) is 0 Å². The molecule has 2 aliphatic heterocycles. The SMILES string of the molecule is CN=C(NCC1CCN(S(C)(=O)=O)CC1)N1CCN(C2CC2)C(=O)C1. The van der Waals surface area contributed by atoms with E-state index >= 15 is 0 Å². The van der Waals surface area contributed by atoms with Crippen LogP contribution in [0.1, 0.15) is 25.7 Å². The van der Waals surface area contributed by atoms with E-state index in [0.717, 1.165) is 51.3 Å². The largest absolute Gasteiger partial charge is 0.356 e. The fourth-order valence-corrected chi connectivity index (χ4v) is 4.53. The van der Waals surface area contributed by atoms with Gasteiger partial charge < -0.3 is 15.1 Å². The highest BCUT2D eigenvalue weighted by molar-refractivity contribution is 7.88. The number of rotatable bonds is 4. The fraction of sp³-hybridized carbons (Fsp3) is 0.875. The smallest absolute Gasteiger partial charge is 0.242 e. The van der Waals surface area contributed by atoms with E-state index in [-0.39, 0.29) is 5.91 Å². The Morgan fingerprint density at radius 3 is 2.36 bits per heavy atom. The zero-order valence-electron chi connectivity index (χ0n) is 15.1. The van der Waals surface area contributed by atoms with Gasteiger partial charge in [-0.05, 0) is 31.6 Å². The van der Waals surface area contributed by atoms with Gasteiger partial charge in [-0.15, -0.1) is 0 Å². The van der Waals surface area contributed by atoms with Crippen molar-refractivity contribution in [2.24, 2.45) is 10.9 Å². The maximum absolute atomic E-state index is 12.3. The number of piperazine rings is 1. The second-order valence-electron chi connectivity index (χ2n) is 7.27. The van der Waals surface area contributed by atoms with Crippen molar-refractivity contribution in [1.29, 1.82) is 0 Å². The maximum atomic E-state index is 12.3. The molecule has 1 aliphatic carbocycles. The van der Waals surface area contributed by atoms with Gasteiger partial charge in [0.2, 0.25) is 15.9 Å². The van der Waals surface area contributed by atoms with E-state index in [1.807, 2.05) is 9.80 Å². The second kappa shape index (κ2) is 7.49. The highest BCUT2D eigenvalue weighted by Crippen LogP contribution is 2.28. The van der Waals surface area contributed by atoms with E-state index in [1.54, 1.807) is 11.4 Å². The van der Waals surface area contributed by atoms with E-state index in [1.165, 1.54) is 6.26 Å². The lowest BCUT2D eigenvalue weighted by molar-refractivity contribution is -0.135. The predicted octanol–water partition coefficient (Wildman–Crippen LogP) is -0.460. The molecule has 1 saturated carbocycles. The second-order valence-corrected chi connectivity index (χ2v) is 9.26. The van der Waals surface area contributed by atoms with Crippen molar-refractivity contribution in [3.05, 3.63) is 0 Å². The normalized spacial score (nSPS) is 24.7. The van der Waals surface area contributed by atoms with Gasteiger partial charge in [-0.1, -0.05) is 0 Å². The number of carbonyl (C=O) groups is 1. The molecule has 1 amide bonds. The average molecular weight is 372 g/mol. The summed E-state index contributed by atoms with van der Waals surface area (Å²) in [6, 6.07) is 0.477. The van der Waals surface area contributed by atoms with E-state index in [0.29, 0.717) is 31.6 Å². The Balaban J connectivity index is 1.45. The van der Waals surface area contributed by atoms with Crippen LogP contribution in [0.4, 0.5) is 0 Å². The molecule has 0 atom stereocenters. The Hall–Kier alpha value is -1.35. The minimum Gasteiger partial charge on any atom is -0.356 e. The molecule has 0 unspecified atom stereocenters. The quantitative estimate of drug-likeness (QED) is 0.534. The van der Waals surface area contributed by atoms with E-state index in [4.69, 9.17) is 0 Å². The molecule has 0 aromatic rings. The summed E-state index contributed by atoms with van der Waals surface area (Å²) in [6.45, 7) is 3.92. The lowest BCUT2D eigenvalue weighted by atomic mass is 9.98. The topological polar surface area (TPSA) is 85.3 Å².